The zero-order valence-electron chi connectivity index (χ0n) is 8.94. The first-order chi connectivity index (χ1) is 7.77. The number of esters is 1. The number of aryl methyl sites for hydroxylation is 1. The third-order valence-electron chi connectivity index (χ3n) is 2.22. The summed E-state index contributed by atoms with van der Waals surface area (Å²) in [5.41, 5.74) is 2.07. The molecule has 0 saturated heterocycles. The van der Waals surface area contributed by atoms with E-state index >= 15 is 0 Å². The molecular formula is C9H11N5O2. The Morgan fingerprint density at radius 2 is 2.25 bits per heavy atom. The van der Waals surface area contributed by atoms with Crippen molar-refractivity contribution in [3.8, 4) is 11.4 Å². The molecular weight excluding hydrogens is 210 g/mol. The Morgan fingerprint density at radius 1 is 1.44 bits per heavy atom. The van der Waals surface area contributed by atoms with Crippen LogP contribution in [0.2, 0.25) is 0 Å². The molecule has 0 aliphatic rings. The van der Waals surface area contributed by atoms with E-state index in [9.17, 15) is 4.79 Å². The van der Waals surface area contributed by atoms with Crippen LogP contribution in [0.5, 0.6) is 0 Å². The van der Waals surface area contributed by atoms with Gasteiger partial charge in [-0.05, 0) is 6.42 Å². The maximum Gasteiger partial charge on any atom is 0.360 e. The Balaban J connectivity index is 2.48. The lowest BCUT2D eigenvalue weighted by molar-refractivity contribution is 0.0595. The molecule has 7 nitrogen and oxygen atoms in total. The van der Waals surface area contributed by atoms with Gasteiger partial charge >= 0.3 is 5.97 Å². The number of carbonyl (C=O) groups is 1. The fourth-order valence-corrected chi connectivity index (χ4v) is 1.43. The van der Waals surface area contributed by atoms with E-state index in [4.69, 9.17) is 0 Å². The zero-order valence-corrected chi connectivity index (χ0v) is 8.94. The van der Waals surface area contributed by atoms with Gasteiger partial charge in [0.05, 0.1) is 13.4 Å². The predicted octanol–water partition coefficient (Wildman–Crippen LogP) is 0.544. The Labute approximate surface area is 91.2 Å². The van der Waals surface area contributed by atoms with Crippen molar-refractivity contribution in [3.05, 3.63) is 17.7 Å². The zero-order chi connectivity index (χ0) is 11.5. The second-order valence-electron chi connectivity index (χ2n) is 3.10. The summed E-state index contributed by atoms with van der Waals surface area (Å²) < 4.78 is 4.61. The Kier molecular flexibility index (Phi) is 2.67. The molecule has 0 radical (unpaired) electrons. The van der Waals surface area contributed by atoms with Crippen molar-refractivity contribution in [2.75, 3.05) is 7.11 Å². The third kappa shape index (κ3) is 1.56. The van der Waals surface area contributed by atoms with Gasteiger partial charge in [0, 0.05) is 5.69 Å². The van der Waals surface area contributed by atoms with Crippen molar-refractivity contribution in [1.82, 2.24) is 25.4 Å². The molecule has 2 rings (SSSR count). The third-order valence-corrected chi connectivity index (χ3v) is 2.22. The summed E-state index contributed by atoms with van der Waals surface area (Å²) in [7, 11) is 1.30. The van der Waals surface area contributed by atoms with Gasteiger partial charge in [0.15, 0.2) is 5.69 Å². The lowest BCUT2D eigenvalue weighted by atomic mass is 10.2. The molecule has 0 bridgehead atoms. The molecule has 0 saturated carbocycles. The number of rotatable bonds is 3. The number of imidazole rings is 1. The molecule has 0 spiro atoms. The van der Waals surface area contributed by atoms with Crippen LogP contribution >= 0.6 is 0 Å². The van der Waals surface area contributed by atoms with Crippen molar-refractivity contribution >= 4 is 5.97 Å². The van der Waals surface area contributed by atoms with Crippen LogP contribution in [0.25, 0.3) is 11.4 Å². The molecule has 0 fully saturated rings. The summed E-state index contributed by atoms with van der Waals surface area (Å²) in [4.78, 5) is 18.5. The number of H-pyrrole nitrogens is 2. The summed E-state index contributed by atoms with van der Waals surface area (Å²) in [5, 5.41) is 10.1. The largest absolute Gasteiger partial charge is 0.464 e. The Morgan fingerprint density at radius 3 is 2.94 bits per heavy atom. The van der Waals surface area contributed by atoms with Crippen LogP contribution < -0.4 is 0 Å². The molecule has 0 aliphatic heterocycles. The Bertz CT molecular complexity index is 501. The molecule has 2 N–H and O–H groups in total. The SMILES string of the molecule is CCc1[nH]cnc1-c1n[nH]nc1C(=O)OC. The molecule has 0 atom stereocenters. The summed E-state index contributed by atoms with van der Waals surface area (Å²) >= 11 is 0. The van der Waals surface area contributed by atoms with Gasteiger partial charge < -0.3 is 9.72 Å². The minimum Gasteiger partial charge on any atom is -0.464 e. The molecule has 0 amide bonds. The first kappa shape index (κ1) is 10.3. The minimum atomic E-state index is -0.534. The minimum absolute atomic E-state index is 0.143. The number of aromatic nitrogens is 5. The fourth-order valence-electron chi connectivity index (χ4n) is 1.43. The van der Waals surface area contributed by atoms with E-state index < -0.39 is 5.97 Å². The van der Waals surface area contributed by atoms with Crippen molar-refractivity contribution in [2.45, 2.75) is 13.3 Å². The highest BCUT2D eigenvalue weighted by Gasteiger charge is 2.21. The first-order valence-corrected chi connectivity index (χ1v) is 4.79. The lowest BCUT2D eigenvalue weighted by Crippen LogP contribution is -2.04. The lowest BCUT2D eigenvalue weighted by Gasteiger charge is -1.98. The first-order valence-electron chi connectivity index (χ1n) is 4.79. The molecule has 0 aromatic carbocycles. The predicted molar refractivity (Wildman–Crippen MR) is 54.7 cm³/mol. The van der Waals surface area contributed by atoms with Gasteiger partial charge in [0.2, 0.25) is 0 Å². The van der Waals surface area contributed by atoms with Crippen LogP contribution in [-0.2, 0) is 11.2 Å². The van der Waals surface area contributed by atoms with Gasteiger partial charge in [-0.2, -0.15) is 10.3 Å². The topological polar surface area (TPSA) is 96.5 Å². The molecule has 16 heavy (non-hydrogen) atoms. The number of hydrogen-bond donors (Lipinski definition) is 2. The van der Waals surface area contributed by atoms with E-state index in [0.717, 1.165) is 12.1 Å². The Hall–Kier alpha value is -2.18. The average Bonchev–Trinajstić information content (AvgIpc) is 2.94. The highest BCUT2D eigenvalue weighted by Crippen LogP contribution is 2.21. The van der Waals surface area contributed by atoms with Gasteiger partial charge in [-0.1, -0.05) is 6.92 Å². The van der Waals surface area contributed by atoms with E-state index in [1.165, 1.54) is 7.11 Å². The normalized spacial score (nSPS) is 10.4. The van der Waals surface area contributed by atoms with Gasteiger partial charge in [-0.3, -0.25) is 0 Å². The fraction of sp³-hybridized carbons (Fsp3) is 0.333. The number of methoxy groups -OCH3 is 1. The molecule has 2 heterocycles. The number of aromatic amines is 2. The molecule has 2 aromatic rings. The van der Waals surface area contributed by atoms with Gasteiger partial charge in [0.25, 0.3) is 0 Å². The van der Waals surface area contributed by atoms with E-state index in [1.54, 1.807) is 6.33 Å². The van der Waals surface area contributed by atoms with E-state index in [1.807, 2.05) is 6.92 Å². The highest BCUT2D eigenvalue weighted by atomic mass is 16.5. The molecule has 7 heteroatoms. The summed E-state index contributed by atoms with van der Waals surface area (Å²) in [6.07, 6.45) is 2.33. The van der Waals surface area contributed by atoms with Crippen molar-refractivity contribution in [2.24, 2.45) is 0 Å². The average molecular weight is 221 g/mol. The number of ether oxygens (including phenoxy) is 1. The molecule has 0 aliphatic carbocycles. The van der Waals surface area contributed by atoms with Crippen LogP contribution in [0.15, 0.2) is 6.33 Å². The standard InChI is InChI=1S/C9H11N5O2/c1-3-5-6(11-4-10-5)7-8(9(15)16-2)13-14-12-7/h4H,3H2,1-2H3,(H,10,11)(H,12,13,14). The van der Waals surface area contributed by atoms with Crippen LogP contribution in [0.1, 0.15) is 23.1 Å². The van der Waals surface area contributed by atoms with Crippen LogP contribution in [0.4, 0.5) is 0 Å². The molecule has 84 valence electrons. The summed E-state index contributed by atoms with van der Waals surface area (Å²) in [5.74, 6) is -0.534. The molecule has 0 unspecified atom stereocenters. The maximum atomic E-state index is 11.4. The molecule has 2 aromatic heterocycles. The summed E-state index contributed by atoms with van der Waals surface area (Å²) in [6.45, 7) is 1.98. The number of nitrogens with one attached hydrogen (secondary N) is 2. The van der Waals surface area contributed by atoms with E-state index in [0.29, 0.717) is 11.4 Å². The smallest absolute Gasteiger partial charge is 0.360 e. The monoisotopic (exact) mass is 221 g/mol. The van der Waals surface area contributed by atoms with Crippen LogP contribution in [-0.4, -0.2) is 38.5 Å². The van der Waals surface area contributed by atoms with Crippen molar-refractivity contribution in [3.63, 3.8) is 0 Å². The van der Waals surface area contributed by atoms with E-state index in [-0.39, 0.29) is 5.69 Å². The van der Waals surface area contributed by atoms with Crippen molar-refractivity contribution in [1.29, 1.82) is 0 Å². The summed E-state index contributed by atoms with van der Waals surface area (Å²) in [6, 6.07) is 0. The van der Waals surface area contributed by atoms with E-state index in [2.05, 4.69) is 30.1 Å². The van der Waals surface area contributed by atoms with Crippen molar-refractivity contribution < 1.29 is 9.53 Å². The highest BCUT2D eigenvalue weighted by molar-refractivity contribution is 5.93. The quantitative estimate of drug-likeness (QED) is 0.737. The van der Waals surface area contributed by atoms with Gasteiger partial charge in [-0.15, -0.1) is 5.10 Å². The second kappa shape index (κ2) is 4.13. The van der Waals surface area contributed by atoms with Gasteiger partial charge in [-0.25, -0.2) is 9.78 Å². The van der Waals surface area contributed by atoms with Crippen LogP contribution in [0.3, 0.4) is 0 Å². The van der Waals surface area contributed by atoms with Gasteiger partial charge in [0.1, 0.15) is 11.4 Å². The second-order valence-corrected chi connectivity index (χ2v) is 3.10. The number of carbonyl (C=O) groups excluding carboxylic acids is 1. The van der Waals surface area contributed by atoms with Crippen LogP contribution in [0, 0.1) is 0 Å². The number of nitrogens with zero attached hydrogens (tertiary/aromatic N) is 3. The maximum absolute atomic E-state index is 11.4. The number of hydrogen-bond acceptors (Lipinski definition) is 5.